The molecule has 0 aliphatic carbocycles. The molecule has 0 spiro atoms. The van der Waals surface area contributed by atoms with Gasteiger partial charge in [-0.05, 0) is 13.0 Å². The fraction of sp³-hybridized carbons (Fsp3) is 0.833. The molecule has 1 aliphatic rings. The van der Waals surface area contributed by atoms with Crippen molar-refractivity contribution in [2.45, 2.75) is 6.42 Å². The first-order valence-electron chi connectivity index (χ1n) is 3.49. The number of hydrogen-bond acceptors (Lipinski definition) is 2. The summed E-state index contributed by atoms with van der Waals surface area (Å²) < 4.78 is 0.726. The Morgan fingerprint density at radius 3 is 2.90 bits per heavy atom. The second-order valence-corrected chi connectivity index (χ2v) is 3.49. The normalized spacial score (nSPS) is 20.3. The van der Waals surface area contributed by atoms with Crippen LogP contribution in [0.5, 0.6) is 0 Å². The Hall–Kier alpha value is 0.200. The third-order valence-electron chi connectivity index (χ3n) is 1.61. The highest BCUT2D eigenvalue weighted by Gasteiger charge is 2.07. The highest BCUT2D eigenvalue weighted by molar-refractivity contribution is 8.10. The Morgan fingerprint density at radius 2 is 2.20 bits per heavy atom. The van der Waals surface area contributed by atoms with Crippen LogP contribution in [0.3, 0.4) is 0 Å². The molecule has 2 nitrogen and oxygen atoms in total. The Balaban J connectivity index is 2.35. The maximum atomic E-state index is 4.94. The summed E-state index contributed by atoms with van der Waals surface area (Å²) in [5.74, 6) is 0. The molecule has 1 N–H and O–H groups in total. The van der Waals surface area contributed by atoms with E-state index in [-0.39, 0.29) is 0 Å². The summed E-state index contributed by atoms with van der Waals surface area (Å²) in [6.45, 7) is 4.19. The fourth-order valence-electron chi connectivity index (χ4n) is 1.04. The van der Waals surface area contributed by atoms with Crippen LogP contribution in [0.2, 0.25) is 0 Å². The monoisotopic (exact) mass is 176 g/mol. The Bertz CT molecular complexity index is 119. The van der Waals surface area contributed by atoms with E-state index in [1.54, 1.807) is 0 Å². The molecule has 58 valence electrons. The lowest BCUT2D eigenvalue weighted by Gasteiger charge is -2.18. The molecular formula is C6H12N2S2. The van der Waals surface area contributed by atoms with Crippen molar-refractivity contribution in [2.75, 3.05) is 26.2 Å². The number of nitrogens with one attached hydrogen (secondary N) is 1. The molecule has 10 heavy (non-hydrogen) atoms. The maximum absolute atomic E-state index is 4.94. The number of hydrogen-bond donors (Lipinski definition) is 2. The van der Waals surface area contributed by atoms with Crippen molar-refractivity contribution in [3.8, 4) is 0 Å². The average molecular weight is 176 g/mol. The Kier molecular flexibility index (Phi) is 3.45. The maximum Gasteiger partial charge on any atom is 0.133 e. The highest BCUT2D eigenvalue weighted by Crippen LogP contribution is 1.99. The third-order valence-corrected chi connectivity index (χ3v) is 2.15. The molecule has 0 amide bonds. The number of nitrogens with zero attached hydrogens (tertiary/aromatic N) is 1. The van der Waals surface area contributed by atoms with Gasteiger partial charge in [-0.15, -0.1) is 12.6 Å². The van der Waals surface area contributed by atoms with E-state index >= 15 is 0 Å². The van der Waals surface area contributed by atoms with Crippen molar-refractivity contribution < 1.29 is 0 Å². The highest BCUT2D eigenvalue weighted by atomic mass is 32.1. The fourth-order valence-corrected chi connectivity index (χ4v) is 1.42. The van der Waals surface area contributed by atoms with Crippen LogP contribution in [-0.2, 0) is 0 Å². The number of thiocarbonyl (C=S) groups is 1. The SMILES string of the molecule is S=C(S)N1CCCNCC1. The molecule has 0 aromatic heterocycles. The van der Waals surface area contributed by atoms with Crippen LogP contribution < -0.4 is 5.32 Å². The molecule has 0 bridgehead atoms. The molecule has 0 aromatic carbocycles. The largest absolute Gasteiger partial charge is 0.356 e. The minimum Gasteiger partial charge on any atom is -0.356 e. The lowest BCUT2D eigenvalue weighted by atomic mass is 10.4. The first-order chi connectivity index (χ1) is 4.80. The van der Waals surface area contributed by atoms with Gasteiger partial charge < -0.3 is 10.2 Å². The zero-order valence-electron chi connectivity index (χ0n) is 5.84. The van der Waals surface area contributed by atoms with E-state index in [0.717, 1.165) is 30.5 Å². The van der Waals surface area contributed by atoms with Crippen LogP contribution in [-0.4, -0.2) is 35.4 Å². The molecule has 1 heterocycles. The van der Waals surface area contributed by atoms with E-state index < -0.39 is 0 Å². The van der Waals surface area contributed by atoms with Gasteiger partial charge in [0.1, 0.15) is 4.32 Å². The van der Waals surface area contributed by atoms with Gasteiger partial charge in [0.2, 0.25) is 0 Å². The number of rotatable bonds is 0. The summed E-state index contributed by atoms with van der Waals surface area (Å²) in [5, 5.41) is 3.30. The van der Waals surface area contributed by atoms with E-state index in [1.165, 1.54) is 6.42 Å². The van der Waals surface area contributed by atoms with Crippen LogP contribution >= 0.6 is 24.8 Å². The van der Waals surface area contributed by atoms with Crippen molar-refractivity contribution in [3.05, 3.63) is 0 Å². The first-order valence-corrected chi connectivity index (χ1v) is 4.35. The molecule has 0 atom stereocenters. The second-order valence-electron chi connectivity index (χ2n) is 2.37. The summed E-state index contributed by atoms with van der Waals surface area (Å²) in [7, 11) is 0. The molecule has 1 rings (SSSR count). The topological polar surface area (TPSA) is 15.3 Å². The predicted octanol–water partition coefficient (Wildman–Crippen LogP) is 0.496. The van der Waals surface area contributed by atoms with Crippen LogP contribution in [0, 0.1) is 0 Å². The molecule has 0 unspecified atom stereocenters. The average Bonchev–Trinajstić information content (AvgIpc) is 2.12. The molecule has 1 aliphatic heterocycles. The molecule has 0 radical (unpaired) electrons. The van der Waals surface area contributed by atoms with Gasteiger partial charge in [0, 0.05) is 19.6 Å². The van der Waals surface area contributed by atoms with Crippen molar-refractivity contribution in [2.24, 2.45) is 0 Å². The van der Waals surface area contributed by atoms with Crippen molar-refractivity contribution in [1.29, 1.82) is 0 Å². The van der Waals surface area contributed by atoms with Crippen LogP contribution in [0.15, 0.2) is 0 Å². The molecule has 1 fully saturated rings. The van der Waals surface area contributed by atoms with Gasteiger partial charge in [0.05, 0.1) is 0 Å². The lowest BCUT2D eigenvalue weighted by Crippen LogP contribution is -2.29. The number of thiol groups is 1. The van der Waals surface area contributed by atoms with Crippen LogP contribution in [0.4, 0.5) is 0 Å². The van der Waals surface area contributed by atoms with Gasteiger partial charge in [0.15, 0.2) is 0 Å². The lowest BCUT2D eigenvalue weighted by molar-refractivity contribution is 0.462. The molecular weight excluding hydrogens is 164 g/mol. The molecule has 4 heteroatoms. The summed E-state index contributed by atoms with van der Waals surface area (Å²) in [6.07, 6.45) is 1.17. The van der Waals surface area contributed by atoms with Crippen molar-refractivity contribution in [1.82, 2.24) is 10.2 Å². The van der Waals surface area contributed by atoms with E-state index in [2.05, 4.69) is 22.8 Å². The van der Waals surface area contributed by atoms with Crippen molar-refractivity contribution in [3.63, 3.8) is 0 Å². The predicted molar refractivity (Wildman–Crippen MR) is 50.6 cm³/mol. The zero-order chi connectivity index (χ0) is 7.40. The first kappa shape index (κ1) is 8.30. The minimum atomic E-state index is 0.726. The minimum absolute atomic E-state index is 0.726. The van der Waals surface area contributed by atoms with Crippen LogP contribution in [0.25, 0.3) is 0 Å². The smallest absolute Gasteiger partial charge is 0.133 e. The Morgan fingerprint density at radius 1 is 1.40 bits per heavy atom. The van der Waals surface area contributed by atoms with E-state index in [0.29, 0.717) is 0 Å². The van der Waals surface area contributed by atoms with Crippen molar-refractivity contribution >= 4 is 29.2 Å². The van der Waals surface area contributed by atoms with Crippen LogP contribution in [0.1, 0.15) is 6.42 Å². The Labute approximate surface area is 72.4 Å². The van der Waals surface area contributed by atoms with E-state index in [1.807, 2.05) is 0 Å². The summed E-state index contributed by atoms with van der Waals surface area (Å²) in [5.41, 5.74) is 0. The zero-order valence-corrected chi connectivity index (χ0v) is 7.55. The standard InChI is InChI=1S/C6H12N2S2/c9-6(10)8-4-1-2-7-3-5-8/h7H,1-5H2,(H,9,10). The van der Waals surface area contributed by atoms with Gasteiger partial charge in [-0.3, -0.25) is 0 Å². The van der Waals surface area contributed by atoms with Gasteiger partial charge in [-0.1, -0.05) is 12.2 Å². The third kappa shape index (κ3) is 2.44. The van der Waals surface area contributed by atoms with E-state index in [9.17, 15) is 0 Å². The summed E-state index contributed by atoms with van der Waals surface area (Å²) >= 11 is 9.06. The van der Waals surface area contributed by atoms with E-state index in [4.69, 9.17) is 12.2 Å². The van der Waals surface area contributed by atoms with Gasteiger partial charge >= 0.3 is 0 Å². The quantitative estimate of drug-likeness (QED) is 0.413. The molecule has 1 saturated heterocycles. The molecule has 0 saturated carbocycles. The van der Waals surface area contributed by atoms with Gasteiger partial charge in [0.25, 0.3) is 0 Å². The second kappa shape index (κ2) is 4.16. The summed E-state index contributed by atoms with van der Waals surface area (Å²) in [6, 6.07) is 0. The van der Waals surface area contributed by atoms with Gasteiger partial charge in [-0.2, -0.15) is 0 Å². The molecule has 0 aromatic rings. The summed E-state index contributed by atoms with van der Waals surface area (Å²) in [4.78, 5) is 2.12. The van der Waals surface area contributed by atoms with Gasteiger partial charge in [-0.25, -0.2) is 0 Å².